The molecule has 4 nitrogen and oxygen atoms in total. The van der Waals surface area contributed by atoms with Crippen LogP contribution in [0.4, 0.5) is 4.79 Å². The van der Waals surface area contributed by atoms with E-state index in [0.29, 0.717) is 17.7 Å². The molecule has 2 aromatic rings. The van der Waals surface area contributed by atoms with Gasteiger partial charge in [-0.2, -0.15) is 0 Å². The Labute approximate surface area is 128 Å². The van der Waals surface area contributed by atoms with Gasteiger partial charge < -0.3 is 9.47 Å². The molecule has 3 rings (SSSR count). The summed E-state index contributed by atoms with van der Waals surface area (Å²) in [6, 6.07) is 14.6. The molecule has 1 atom stereocenters. The van der Waals surface area contributed by atoms with Crippen LogP contribution in [0.5, 0.6) is 5.75 Å². The summed E-state index contributed by atoms with van der Waals surface area (Å²) in [7, 11) is 0. The Balaban J connectivity index is 1.67. The van der Waals surface area contributed by atoms with Gasteiger partial charge in [-0.1, -0.05) is 49.4 Å². The van der Waals surface area contributed by atoms with Crippen molar-refractivity contribution in [2.75, 3.05) is 0 Å². The molecule has 0 amide bonds. The molecular weight excluding hydrogens is 280 g/mol. The lowest BCUT2D eigenvalue weighted by atomic mass is 10.1. The van der Waals surface area contributed by atoms with Crippen LogP contribution in [0.3, 0.4) is 0 Å². The van der Waals surface area contributed by atoms with Crippen LogP contribution in [-0.2, 0) is 17.8 Å². The largest absolute Gasteiger partial charge is 0.514 e. The second kappa shape index (κ2) is 6.02. The minimum absolute atomic E-state index is 0.0694. The number of benzene rings is 2. The van der Waals surface area contributed by atoms with Crippen LogP contribution in [0.25, 0.3) is 0 Å². The van der Waals surface area contributed by atoms with Gasteiger partial charge in [-0.05, 0) is 18.1 Å². The summed E-state index contributed by atoms with van der Waals surface area (Å²) in [5, 5.41) is 0. The molecule has 0 N–H and O–H groups in total. The van der Waals surface area contributed by atoms with Gasteiger partial charge in [0.2, 0.25) is 0 Å². The minimum atomic E-state index is -0.760. The minimum Gasteiger partial charge on any atom is -0.429 e. The van der Waals surface area contributed by atoms with Gasteiger partial charge in [0.25, 0.3) is 0 Å². The monoisotopic (exact) mass is 296 g/mol. The van der Waals surface area contributed by atoms with Crippen molar-refractivity contribution in [2.45, 2.75) is 20.0 Å². The molecule has 1 unspecified atom stereocenters. The lowest BCUT2D eigenvalue weighted by Crippen LogP contribution is -2.11. The number of ketones is 1. The van der Waals surface area contributed by atoms with Crippen molar-refractivity contribution in [1.29, 1.82) is 0 Å². The zero-order valence-corrected chi connectivity index (χ0v) is 12.2. The van der Waals surface area contributed by atoms with Gasteiger partial charge in [0.15, 0.2) is 5.78 Å². The normalized spacial score (nSPS) is 16.2. The molecule has 0 aromatic heterocycles. The predicted molar refractivity (Wildman–Crippen MR) is 80.9 cm³/mol. The summed E-state index contributed by atoms with van der Waals surface area (Å²) in [6.07, 6.45) is -0.166. The molecule has 22 heavy (non-hydrogen) atoms. The number of Topliss-reactive ketones (excluding diaryl/α,β-unsaturated/α-hetero) is 1. The van der Waals surface area contributed by atoms with E-state index in [1.54, 1.807) is 18.2 Å². The van der Waals surface area contributed by atoms with Gasteiger partial charge in [0, 0.05) is 17.0 Å². The van der Waals surface area contributed by atoms with Crippen LogP contribution in [-0.4, -0.2) is 11.9 Å². The summed E-state index contributed by atoms with van der Waals surface area (Å²) in [6.45, 7) is 2.03. The third-order valence-electron chi connectivity index (χ3n) is 3.75. The fourth-order valence-electron chi connectivity index (χ4n) is 2.60. The van der Waals surface area contributed by atoms with Gasteiger partial charge in [-0.25, -0.2) is 4.79 Å². The number of ether oxygens (including phenoxy) is 2. The highest BCUT2D eigenvalue weighted by atomic mass is 16.7. The first-order valence-electron chi connectivity index (χ1n) is 7.20. The van der Waals surface area contributed by atoms with E-state index in [2.05, 4.69) is 0 Å². The second-order valence-electron chi connectivity index (χ2n) is 5.38. The summed E-state index contributed by atoms with van der Waals surface area (Å²) in [5.41, 5.74) is 2.32. The molecule has 4 heteroatoms. The molecule has 0 radical (unpaired) electrons. The van der Waals surface area contributed by atoms with E-state index < -0.39 is 6.16 Å². The fourth-order valence-corrected chi connectivity index (χ4v) is 2.60. The van der Waals surface area contributed by atoms with Crippen LogP contribution < -0.4 is 4.74 Å². The van der Waals surface area contributed by atoms with Gasteiger partial charge in [0.1, 0.15) is 12.4 Å². The number of carbonyl (C=O) groups excluding carboxylic acids is 2. The van der Waals surface area contributed by atoms with Gasteiger partial charge >= 0.3 is 6.16 Å². The highest BCUT2D eigenvalue weighted by Gasteiger charge is 2.30. The average Bonchev–Trinajstić information content (AvgIpc) is 2.83. The van der Waals surface area contributed by atoms with Gasteiger partial charge in [-0.15, -0.1) is 0 Å². The molecule has 0 heterocycles. The number of rotatable bonds is 3. The Morgan fingerprint density at radius 2 is 1.91 bits per heavy atom. The van der Waals surface area contributed by atoms with E-state index in [-0.39, 0.29) is 18.3 Å². The Hall–Kier alpha value is -2.62. The summed E-state index contributed by atoms with van der Waals surface area (Å²) < 4.78 is 10.4. The molecule has 0 spiro atoms. The highest BCUT2D eigenvalue weighted by Crippen LogP contribution is 2.33. The van der Waals surface area contributed by atoms with Gasteiger partial charge in [-0.3, -0.25) is 4.79 Å². The standard InChI is InChI=1S/C18H16O4/c1-12-10-15-14(17(12)19)8-5-9-16(15)22-18(20)21-11-13-6-3-2-4-7-13/h2-9,12H,10-11H2,1H3. The van der Waals surface area contributed by atoms with E-state index >= 15 is 0 Å². The Morgan fingerprint density at radius 3 is 2.68 bits per heavy atom. The van der Waals surface area contributed by atoms with Crippen molar-refractivity contribution in [3.05, 3.63) is 65.2 Å². The Kier molecular flexibility index (Phi) is 3.92. The molecule has 112 valence electrons. The molecule has 2 aromatic carbocycles. The molecule has 1 aliphatic carbocycles. The quantitative estimate of drug-likeness (QED) is 0.639. The van der Waals surface area contributed by atoms with Crippen molar-refractivity contribution in [1.82, 2.24) is 0 Å². The van der Waals surface area contributed by atoms with Crippen molar-refractivity contribution in [3.63, 3.8) is 0 Å². The molecule has 1 aliphatic rings. The van der Waals surface area contributed by atoms with Crippen LogP contribution >= 0.6 is 0 Å². The van der Waals surface area contributed by atoms with E-state index in [1.165, 1.54) is 0 Å². The molecule has 0 bridgehead atoms. The number of fused-ring (bicyclic) bond motifs is 1. The smallest absolute Gasteiger partial charge is 0.429 e. The molecule has 0 saturated carbocycles. The lowest BCUT2D eigenvalue weighted by Gasteiger charge is -2.09. The molecule has 0 aliphatic heterocycles. The van der Waals surface area contributed by atoms with Crippen LogP contribution in [0, 0.1) is 5.92 Å². The second-order valence-corrected chi connectivity index (χ2v) is 5.38. The molecular formula is C18H16O4. The topological polar surface area (TPSA) is 52.6 Å². The number of carbonyl (C=O) groups is 2. The van der Waals surface area contributed by atoms with Crippen LogP contribution in [0.2, 0.25) is 0 Å². The Bertz CT molecular complexity index is 706. The maximum absolute atomic E-state index is 12.0. The van der Waals surface area contributed by atoms with Crippen molar-refractivity contribution in [3.8, 4) is 5.75 Å². The number of hydrogen-bond acceptors (Lipinski definition) is 4. The fraction of sp³-hybridized carbons (Fsp3) is 0.222. The maximum Gasteiger partial charge on any atom is 0.514 e. The molecule has 0 saturated heterocycles. The van der Waals surface area contributed by atoms with E-state index in [9.17, 15) is 9.59 Å². The third kappa shape index (κ3) is 2.86. The maximum atomic E-state index is 12.0. The van der Waals surface area contributed by atoms with Crippen LogP contribution in [0.15, 0.2) is 48.5 Å². The highest BCUT2D eigenvalue weighted by molar-refractivity contribution is 6.02. The van der Waals surface area contributed by atoms with Crippen LogP contribution in [0.1, 0.15) is 28.4 Å². The Morgan fingerprint density at radius 1 is 1.14 bits per heavy atom. The predicted octanol–water partition coefficient (Wildman–Crippen LogP) is 3.78. The average molecular weight is 296 g/mol. The summed E-state index contributed by atoms with van der Waals surface area (Å²) >= 11 is 0. The first kappa shape index (κ1) is 14.3. The first-order chi connectivity index (χ1) is 10.6. The third-order valence-corrected chi connectivity index (χ3v) is 3.75. The van der Waals surface area contributed by atoms with Crippen molar-refractivity contribution in [2.24, 2.45) is 5.92 Å². The van der Waals surface area contributed by atoms with Gasteiger partial charge in [0.05, 0.1) is 0 Å². The zero-order chi connectivity index (χ0) is 15.5. The SMILES string of the molecule is CC1Cc2c(OC(=O)OCc3ccccc3)cccc2C1=O. The molecule has 0 fully saturated rings. The van der Waals surface area contributed by atoms with Crippen molar-refractivity contribution >= 4 is 11.9 Å². The summed E-state index contributed by atoms with van der Waals surface area (Å²) in [5.74, 6) is 0.437. The van der Waals surface area contributed by atoms with E-state index in [4.69, 9.17) is 9.47 Å². The van der Waals surface area contributed by atoms with Crippen molar-refractivity contribution < 1.29 is 19.1 Å². The summed E-state index contributed by atoms with van der Waals surface area (Å²) in [4.78, 5) is 23.8. The van der Waals surface area contributed by atoms with E-state index in [0.717, 1.165) is 11.1 Å². The lowest BCUT2D eigenvalue weighted by molar-refractivity contribution is 0.0921. The first-order valence-corrected chi connectivity index (χ1v) is 7.20. The van der Waals surface area contributed by atoms with E-state index in [1.807, 2.05) is 37.3 Å². The zero-order valence-electron chi connectivity index (χ0n) is 12.2. The number of hydrogen-bond donors (Lipinski definition) is 0.